The highest BCUT2D eigenvalue weighted by Crippen LogP contribution is 1.89. The van der Waals surface area contributed by atoms with E-state index in [4.69, 9.17) is 0 Å². The van der Waals surface area contributed by atoms with Crippen LogP contribution in [0.5, 0.6) is 0 Å². The Morgan fingerprint density at radius 3 is 1.80 bits per heavy atom. The van der Waals surface area contributed by atoms with E-state index in [0.717, 1.165) is 11.4 Å². The first-order valence-electron chi connectivity index (χ1n) is 3.12. The summed E-state index contributed by atoms with van der Waals surface area (Å²) in [6.45, 7) is 3.85. The van der Waals surface area contributed by atoms with Gasteiger partial charge in [0.2, 0.25) is 0 Å². The zero-order valence-corrected chi connectivity index (χ0v) is 6.63. The fourth-order valence-corrected chi connectivity index (χ4v) is 0.457. The summed E-state index contributed by atoms with van der Waals surface area (Å²) in [5.74, 6) is 0.829. The van der Waals surface area contributed by atoms with Gasteiger partial charge in [0.25, 0.3) is 0 Å². The van der Waals surface area contributed by atoms with Crippen LogP contribution in [0, 0.1) is 13.8 Å². The molecule has 0 saturated heterocycles. The van der Waals surface area contributed by atoms with E-state index in [9.17, 15) is 0 Å². The second kappa shape index (κ2) is 4.88. The lowest BCUT2D eigenvalue weighted by molar-refractivity contribution is 1.03. The van der Waals surface area contributed by atoms with E-state index in [1.54, 1.807) is 0 Å². The van der Waals surface area contributed by atoms with Crippen molar-refractivity contribution >= 4 is 0 Å². The molecule has 1 aromatic heterocycles. The molecule has 0 aliphatic carbocycles. The second-order valence-electron chi connectivity index (χ2n) is 1.81. The van der Waals surface area contributed by atoms with Gasteiger partial charge in [-0.2, -0.15) is 0 Å². The van der Waals surface area contributed by atoms with Gasteiger partial charge in [-0.3, -0.25) is 0 Å². The van der Waals surface area contributed by atoms with E-state index >= 15 is 0 Å². The number of hydrogen-bond acceptors (Lipinski definition) is 3. The van der Waals surface area contributed by atoms with E-state index < -0.39 is 0 Å². The molecule has 0 aliphatic heterocycles. The first kappa shape index (κ1) is 9.04. The standard InChI is InChI=1S/C6H8N2.CH5N/c1-5-3-7-6(2)8-4-5;1-2/h3-4H,1-2H3;2H2,1H3. The van der Waals surface area contributed by atoms with Crippen LogP contribution in [0.25, 0.3) is 0 Å². The van der Waals surface area contributed by atoms with Gasteiger partial charge in [-0.15, -0.1) is 0 Å². The molecule has 0 unspecified atom stereocenters. The lowest BCUT2D eigenvalue weighted by atomic mass is 10.4. The van der Waals surface area contributed by atoms with Crippen molar-refractivity contribution in [3.8, 4) is 0 Å². The van der Waals surface area contributed by atoms with Gasteiger partial charge < -0.3 is 5.73 Å². The number of nitrogens with two attached hydrogens (primary N) is 1. The molecule has 0 atom stereocenters. The van der Waals surface area contributed by atoms with Gasteiger partial charge >= 0.3 is 0 Å². The van der Waals surface area contributed by atoms with Crippen LogP contribution in [0.15, 0.2) is 12.4 Å². The molecular formula is C7H13N3. The van der Waals surface area contributed by atoms with Crippen LogP contribution in [0.1, 0.15) is 11.4 Å². The number of rotatable bonds is 0. The minimum absolute atomic E-state index is 0.829. The van der Waals surface area contributed by atoms with E-state index in [1.165, 1.54) is 7.05 Å². The Bertz CT molecular complexity index is 148. The average molecular weight is 139 g/mol. The van der Waals surface area contributed by atoms with Crippen molar-refractivity contribution in [2.75, 3.05) is 7.05 Å². The highest BCUT2D eigenvalue weighted by molar-refractivity contribution is 5.00. The SMILES string of the molecule is CN.Cc1cnc(C)nc1. The van der Waals surface area contributed by atoms with Crippen molar-refractivity contribution in [2.24, 2.45) is 5.73 Å². The van der Waals surface area contributed by atoms with Crippen LogP contribution < -0.4 is 5.73 Å². The summed E-state index contributed by atoms with van der Waals surface area (Å²) < 4.78 is 0. The molecule has 0 spiro atoms. The quantitative estimate of drug-likeness (QED) is 0.574. The van der Waals surface area contributed by atoms with Crippen molar-refractivity contribution in [3.05, 3.63) is 23.8 Å². The third-order valence-corrected chi connectivity index (χ3v) is 0.910. The number of aromatic nitrogens is 2. The molecular weight excluding hydrogens is 126 g/mol. The molecule has 0 fully saturated rings. The minimum atomic E-state index is 0.829. The van der Waals surface area contributed by atoms with Crippen molar-refractivity contribution in [2.45, 2.75) is 13.8 Å². The number of aryl methyl sites for hydroxylation is 2. The minimum Gasteiger partial charge on any atom is -0.333 e. The molecule has 3 nitrogen and oxygen atoms in total. The summed E-state index contributed by atoms with van der Waals surface area (Å²) in [6, 6.07) is 0. The predicted molar refractivity (Wildman–Crippen MR) is 41.6 cm³/mol. The Morgan fingerprint density at radius 1 is 1.10 bits per heavy atom. The van der Waals surface area contributed by atoms with Gasteiger partial charge in [0.1, 0.15) is 5.82 Å². The summed E-state index contributed by atoms with van der Waals surface area (Å²) in [7, 11) is 1.50. The molecule has 0 radical (unpaired) electrons. The van der Waals surface area contributed by atoms with Gasteiger partial charge in [-0.1, -0.05) is 0 Å². The van der Waals surface area contributed by atoms with Crippen LogP contribution in [0.3, 0.4) is 0 Å². The highest BCUT2D eigenvalue weighted by atomic mass is 14.8. The van der Waals surface area contributed by atoms with E-state index in [-0.39, 0.29) is 0 Å². The molecule has 0 amide bonds. The Kier molecular flexibility index (Phi) is 4.41. The first-order chi connectivity index (χ1) is 4.79. The van der Waals surface area contributed by atoms with Gasteiger partial charge in [-0.05, 0) is 26.5 Å². The highest BCUT2D eigenvalue weighted by Gasteiger charge is 1.82. The summed E-state index contributed by atoms with van der Waals surface area (Å²) in [4.78, 5) is 7.94. The molecule has 1 rings (SSSR count). The molecule has 1 aromatic rings. The zero-order chi connectivity index (χ0) is 7.98. The Morgan fingerprint density at radius 2 is 1.50 bits per heavy atom. The topological polar surface area (TPSA) is 51.8 Å². The monoisotopic (exact) mass is 139 g/mol. The van der Waals surface area contributed by atoms with E-state index in [2.05, 4.69) is 15.7 Å². The molecule has 56 valence electrons. The fourth-order valence-electron chi connectivity index (χ4n) is 0.457. The lowest BCUT2D eigenvalue weighted by Crippen LogP contribution is -1.84. The van der Waals surface area contributed by atoms with Crippen molar-refractivity contribution in [1.82, 2.24) is 9.97 Å². The Hall–Kier alpha value is -0.960. The zero-order valence-electron chi connectivity index (χ0n) is 6.63. The summed E-state index contributed by atoms with van der Waals surface area (Å²) in [5.41, 5.74) is 5.61. The average Bonchev–Trinajstić information content (AvgIpc) is 2.00. The molecule has 0 aromatic carbocycles. The van der Waals surface area contributed by atoms with Gasteiger partial charge in [0.15, 0.2) is 0 Å². The van der Waals surface area contributed by atoms with Crippen LogP contribution in [-0.4, -0.2) is 17.0 Å². The molecule has 0 saturated carbocycles. The van der Waals surface area contributed by atoms with Crippen LogP contribution >= 0.6 is 0 Å². The first-order valence-corrected chi connectivity index (χ1v) is 3.12. The Balaban J connectivity index is 0.000000371. The predicted octanol–water partition coefficient (Wildman–Crippen LogP) is 0.668. The maximum atomic E-state index is 4.50. The molecule has 2 N–H and O–H groups in total. The van der Waals surface area contributed by atoms with Gasteiger partial charge in [0.05, 0.1) is 0 Å². The third kappa shape index (κ3) is 3.14. The summed E-state index contributed by atoms with van der Waals surface area (Å²) in [5, 5.41) is 0. The second-order valence-corrected chi connectivity index (χ2v) is 1.81. The van der Waals surface area contributed by atoms with Gasteiger partial charge in [-0.25, -0.2) is 9.97 Å². The van der Waals surface area contributed by atoms with E-state index in [0.29, 0.717) is 0 Å². The third-order valence-electron chi connectivity index (χ3n) is 0.910. The Labute approximate surface area is 61.3 Å². The van der Waals surface area contributed by atoms with Crippen LogP contribution in [0.2, 0.25) is 0 Å². The normalized spacial score (nSPS) is 8.00. The van der Waals surface area contributed by atoms with E-state index in [1.807, 2.05) is 26.2 Å². The van der Waals surface area contributed by atoms with Crippen molar-refractivity contribution in [1.29, 1.82) is 0 Å². The van der Waals surface area contributed by atoms with Crippen LogP contribution in [0.4, 0.5) is 0 Å². The molecule has 1 heterocycles. The summed E-state index contributed by atoms with van der Waals surface area (Å²) >= 11 is 0. The number of hydrogen-bond donors (Lipinski definition) is 1. The summed E-state index contributed by atoms with van der Waals surface area (Å²) in [6.07, 6.45) is 3.62. The maximum Gasteiger partial charge on any atom is 0.125 e. The van der Waals surface area contributed by atoms with Crippen LogP contribution in [-0.2, 0) is 0 Å². The van der Waals surface area contributed by atoms with Crippen molar-refractivity contribution < 1.29 is 0 Å². The maximum absolute atomic E-state index is 4.50. The molecule has 0 bridgehead atoms. The number of nitrogens with zero attached hydrogens (tertiary/aromatic N) is 2. The van der Waals surface area contributed by atoms with Gasteiger partial charge in [0, 0.05) is 12.4 Å². The van der Waals surface area contributed by atoms with Crippen molar-refractivity contribution in [3.63, 3.8) is 0 Å². The molecule has 3 heteroatoms. The lowest BCUT2D eigenvalue weighted by Gasteiger charge is -1.88. The smallest absolute Gasteiger partial charge is 0.125 e. The molecule has 0 aliphatic rings. The largest absolute Gasteiger partial charge is 0.333 e. The molecule has 10 heavy (non-hydrogen) atoms. The fraction of sp³-hybridized carbons (Fsp3) is 0.429.